The van der Waals surface area contributed by atoms with E-state index in [2.05, 4.69) is 31.1 Å². The number of aliphatic hydroxyl groups excluding tert-OH is 1. The quantitative estimate of drug-likeness (QED) is 0.546. The molecule has 0 saturated carbocycles. The lowest BCUT2D eigenvalue weighted by Gasteiger charge is -2.33. The molecule has 0 spiro atoms. The van der Waals surface area contributed by atoms with Crippen LogP contribution >= 0.6 is 0 Å². The highest BCUT2D eigenvalue weighted by molar-refractivity contribution is 4.79. The minimum absolute atomic E-state index is 0.330. The lowest BCUT2D eigenvalue weighted by Crippen LogP contribution is -2.40. The summed E-state index contributed by atoms with van der Waals surface area (Å²) in [7, 11) is 4.25. The summed E-state index contributed by atoms with van der Waals surface area (Å²) >= 11 is 0. The molecule has 0 aromatic carbocycles. The fourth-order valence-electron chi connectivity index (χ4n) is 2.65. The summed E-state index contributed by atoms with van der Waals surface area (Å²) in [5.74, 6) is 0. The highest BCUT2D eigenvalue weighted by Gasteiger charge is 2.23. The molecule has 0 bridgehead atoms. The van der Waals surface area contributed by atoms with Gasteiger partial charge in [-0.2, -0.15) is 0 Å². The van der Waals surface area contributed by atoms with Crippen LogP contribution < -0.4 is 5.32 Å². The maximum Gasteiger partial charge on any atom is 0.0431 e. The second-order valence-electron chi connectivity index (χ2n) is 5.61. The molecule has 104 valence electrons. The van der Waals surface area contributed by atoms with Gasteiger partial charge in [0.05, 0.1) is 0 Å². The van der Waals surface area contributed by atoms with Gasteiger partial charge in [0.15, 0.2) is 0 Å². The first-order chi connectivity index (χ1) is 8.08. The molecule has 0 aromatic heterocycles. The SMILES string of the molecule is CCCC(C)(CNC)CN(C)CCCCCO. The monoisotopic (exact) mass is 244 g/mol. The van der Waals surface area contributed by atoms with Crippen molar-refractivity contribution in [2.24, 2.45) is 5.41 Å². The van der Waals surface area contributed by atoms with Crippen molar-refractivity contribution in [1.29, 1.82) is 0 Å². The van der Waals surface area contributed by atoms with Gasteiger partial charge in [-0.3, -0.25) is 0 Å². The van der Waals surface area contributed by atoms with Gasteiger partial charge in [-0.15, -0.1) is 0 Å². The molecule has 0 aliphatic heterocycles. The molecule has 2 N–H and O–H groups in total. The second kappa shape index (κ2) is 9.86. The maximum absolute atomic E-state index is 8.74. The van der Waals surface area contributed by atoms with E-state index in [1.54, 1.807) is 0 Å². The third kappa shape index (κ3) is 8.58. The van der Waals surface area contributed by atoms with Crippen LogP contribution in [-0.2, 0) is 0 Å². The Labute approximate surface area is 108 Å². The topological polar surface area (TPSA) is 35.5 Å². The minimum atomic E-state index is 0.330. The Morgan fingerprint density at radius 3 is 2.47 bits per heavy atom. The Bertz CT molecular complexity index is 168. The van der Waals surface area contributed by atoms with E-state index in [0.29, 0.717) is 12.0 Å². The highest BCUT2D eigenvalue weighted by atomic mass is 16.2. The van der Waals surface area contributed by atoms with Crippen molar-refractivity contribution in [3.05, 3.63) is 0 Å². The smallest absolute Gasteiger partial charge is 0.0431 e. The Morgan fingerprint density at radius 2 is 1.94 bits per heavy atom. The summed E-state index contributed by atoms with van der Waals surface area (Å²) in [6.07, 6.45) is 5.79. The summed E-state index contributed by atoms with van der Waals surface area (Å²) in [5.41, 5.74) is 0.384. The van der Waals surface area contributed by atoms with Crippen LogP contribution in [0.4, 0.5) is 0 Å². The van der Waals surface area contributed by atoms with Crippen molar-refractivity contribution >= 4 is 0 Å². The molecule has 17 heavy (non-hydrogen) atoms. The van der Waals surface area contributed by atoms with Gasteiger partial charge in [-0.05, 0) is 51.7 Å². The number of hydrogen-bond donors (Lipinski definition) is 2. The number of unbranched alkanes of at least 4 members (excludes halogenated alkanes) is 2. The minimum Gasteiger partial charge on any atom is -0.396 e. The molecule has 1 unspecified atom stereocenters. The Balaban J connectivity index is 3.90. The van der Waals surface area contributed by atoms with E-state index in [1.165, 1.54) is 19.3 Å². The molecule has 0 radical (unpaired) electrons. The molecule has 3 heteroatoms. The number of aliphatic hydroxyl groups is 1. The normalized spacial score (nSPS) is 15.2. The molecular weight excluding hydrogens is 212 g/mol. The molecule has 0 fully saturated rings. The maximum atomic E-state index is 8.74. The van der Waals surface area contributed by atoms with Crippen molar-refractivity contribution in [2.75, 3.05) is 40.3 Å². The van der Waals surface area contributed by atoms with E-state index in [9.17, 15) is 0 Å². The summed E-state index contributed by atoms with van der Waals surface area (Å²) in [5, 5.41) is 12.1. The summed E-state index contributed by atoms with van der Waals surface area (Å²) in [6.45, 7) is 8.34. The van der Waals surface area contributed by atoms with Crippen molar-refractivity contribution in [1.82, 2.24) is 10.2 Å². The molecule has 0 aromatic rings. The van der Waals surface area contributed by atoms with E-state index < -0.39 is 0 Å². The largest absolute Gasteiger partial charge is 0.396 e. The molecule has 0 rings (SSSR count). The van der Waals surface area contributed by atoms with Gasteiger partial charge in [0.1, 0.15) is 0 Å². The predicted molar refractivity (Wildman–Crippen MR) is 75.4 cm³/mol. The highest BCUT2D eigenvalue weighted by Crippen LogP contribution is 2.23. The van der Waals surface area contributed by atoms with Crippen LogP contribution in [0, 0.1) is 5.41 Å². The molecule has 0 heterocycles. The lowest BCUT2D eigenvalue weighted by molar-refractivity contribution is 0.172. The number of nitrogens with zero attached hydrogens (tertiary/aromatic N) is 1. The first-order valence-electron chi connectivity index (χ1n) is 7.02. The Morgan fingerprint density at radius 1 is 1.24 bits per heavy atom. The predicted octanol–water partition coefficient (Wildman–Crippen LogP) is 2.11. The van der Waals surface area contributed by atoms with Gasteiger partial charge in [-0.1, -0.05) is 20.3 Å². The molecular formula is C14H32N2O. The summed E-state index contributed by atoms with van der Waals surface area (Å²) in [6, 6.07) is 0. The van der Waals surface area contributed by atoms with Crippen molar-refractivity contribution in [3.63, 3.8) is 0 Å². The Kier molecular flexibility index (Phi) is 9.79. The van der Waals surface area contributed by atoms with E-state index in [1.807, 2.05) is 7.05 Å². The average molecular weight is 244 g/mol. The summed E-state index contributed by atoms with van der Waals surface area (Å²) in [4.78, 5) is 2.43. The van der Waals surface area contributed by atoms with Crippen LogP contribution in [0.2, 0.25) is 0 Å². The molecule has 0 aliphatic carbocycles. The van der Waals surface area contributed by atoms with E-state index >= 15 is 0 Å². The number of nitrogens with one attached hydrogen (secondary N) is 1. The van der Waals surface area contributed by atoms with E-state index in [-0.39, 0.29) is 0 Å². The first kappa shape index (κ1) is 16.9. The van der Waals surface area contributed by atoms with Crippen LogP contribution in [0.15, 0.2) is 0 Å². The van der Waals surface area contributed by atoms with E-state index in [4.69, 9.17) is 5.11 Å². The zero-order valence-corrected chi connectivity index (χ0v) is 12.3. The zero-order valence-electron chi connectivity index (χ0n) is 12.3. The summed E-state index contributed by atoms with van der Waals surface area (Å²) < 4.78 is 0. The average Bonchev–Trinajstić information content (AvgIpc) is 2.24. The van der Waals surface area contributed by atoms with Gasteiger partial charge < -0.3 is 15.3 Å². The van der Waals surface area contributed by atoms with Crippen LogP contribution in [0.25, 0.3) is 0 Å². The molecule has 0 amide bonds. The third-order valence-corrected chi connectivity index (χ3v) is 3.31. The van der Waals surface area contributed by atoms with Crippen LogP contribution in [0.1, 0.15) is 46.0 Å². The molecule has 3 nitrogen and oxygen atoms in total. The van der Waals surface area contributed by atoms with Crippen LogP contribution in [0.5, 0.6) is 0 Å². The standard InChI is InChI=1S/C14H32N2O/c1-5-9-14(2,12-15-3)13-16(4)10-7-6-8-11-17/h15,17H,5-13H2,1-4H3. The lowest BCUT2D eigenvalue weighted by atomic mass is 9.85. The van der Waals surface area contributed by atoms with Gasteiger partial charge in [0, 0.05) is 19.7 Å². The van der Waals surface area contributed by atoms with Gasteiger partial charge in [-0.25, -0.2) is 0 Å². The zero-order chi connectivity index (χ0) is 13.1. The van der Waals surface area contributed by atoms with Crippen LogP contribution in [0.3, 0.4) is 0 Å². The Hall–Kier alpha value is -0.120. The first-order valence-corrected chi connectivity index (χ1v) is 7.02. The van der Waals surface area contributed by atoms with Crippen molar-refractivity contribution in [3.8, 4) is 0 Å². The van der Waals surface area contributed by atoms with Gasteiger partial charge in [0.25, 0.3) is 0 Å². The third-order valence-electron chi connectivity index (χ3n) is 3.31. The second-order valence-corrected chi connectivity index (χ2v) is 5.61. The molecule has 1 atom stereocenters. The number of rotatable bonds is 11. The fourth-order valence-corrected chi connectivity index (χ4v) is 2.65. The van der Waals surface area contributed by atoms with Gasteiger partial charge in [0.2, 0.25) is 0 Å². The fraction of sp³-hybridized carbons (Fsp3) is 1.00. The molecule has 0 aliphatic rings. The van der Waals surface area contributed by atoms with Gasteiger partial charge >= 0.3 is 0 Å². The molecule has 0 saturated heterocycles. The van der Waals surface area contributed by atoms with Crippen molar-refractivity contribution < 1.29 is 5.11 Å². The number of hydrogen-bond acceptors (Lipinski definition) is 3. The van der Waals surface area contributed by atoms with Crippen LogP contribution in [-0.4, -0.2) is 50.3 Å². The van der Waals surface area contributed by atoms with Crippen molar-refractivity contribution in [2.45, 2.75) is 46.0 Å². The van der Waals surface area contributed by atoms with E-state index in [0.717, 1.165) is 32.5 Å².